The monoisotopic (exact) mass is 388 g/mol. The lowest BCUT2D eigenvalue weighted by molar-refractivity contribution is 0.877. The first-order valence-corrected chi connectivity index (χ1v) is 7.36. The second-order valence-corrected chi connectivity index (χ2v) is 5.95. The van der Waals surface area contributed by atoms with E-state index in [4.69, 9.17) is 11.6 Å². The smallest absolute Gasteiger partial charge is 0.143 e. The summed E-state index contributed by atoms with van der Waals surface area (Å²) in [6, 6.07) is 10.2. The van der Waals surface area contributed by atoms with E-state index in [1.54, 1.807) is 6.20 Å². The summed E-state index contributed by atoms with van der Waals surface area (Å²) in [7, 11) is 0. The van der Waals surface area contributed by atoms with Crippen LogP contribution >= 0.6 is 43.5 Å². The highest BCUT2D eigenvalue weighted by Crippen LogP contribution is 2.28. The van der Waals surface area contributed by atoms with Gasteiger partial charge in [-0.15, -0.1) is 0 Å². The van der Waals surface area contributed by atoms with Crippen molar-refractivity contribution in [2.24, 2.45) is 0 Å². The molecule has 0 amide bonds. The summed E-state index contributed by atoms with van der Waals surface area (Å²) in [5.41, 5.74) is 2.12. The Balaban J connectivity index is 2.19. The van der Waals surface area contributed by atoms with Crippen LogP contribution in [0.25, 0.3) is 0 Å². The highest BCUT2D eigenvalue weighted by atomic mass is 79.9. The van der Waals surface area contributed by atoms with Gasteiger partial charge in [-0.2, -0.15) is 0 Å². The van der Waals surface area contributed by atoms with E-state index in [0.29, 0.717) is 5.15 Å². The molecule has 0 fully saturated rings. The van der Waals surface area contributed by atoms with Crippen LogP contribution in [0.4, 0.5) is 5.69 Å². The molecule has 2 rings (SSSR count). The number of nitrogens with zero attached hydrogens (tertiary/aromatic N) is 1. The maximum Gasteiger partial charge on any atom is 0.143 e. The van der Waals surface area contributed by atoms with Crippen LogP contribution in [0.5, 0.6) is 0 Å². The van der Waals surface area contributed by atoms with Crippen molar-refractivity contribution in [3.8, 4) is 0 Å². The fourth-order valence-electron chi connectivity index (χ4n) is 1.65. The minimum atomic E-state index is 0.176. The molecule has 0 aliphatic rings. The summed E-state index contributed by atoms with van der Waals surface area (Å²) in [6.07, 6.45) is 1.72. The van der Waals surface area contributed by atoms with Crippen molar-refractivity contribution >= 4 is 49.1 Å². The Morgan fingerprint density at radius 1 is 1.22 bits per heavy atom. The maximum atomic E-state index is 5.87. The molecule has 1 aromatic heterocycles. The van der Waals surface area contributed by atoms with Crippen LogP contribution in [0.15, 0.2) is 45.5 Å². The van der Waals surface area contributed by atoms with E-state index in [2.05, 4.69) is 55.2 Å². The van der Waals surface area contributed by atoms with Gasteiger partial charge in [0.1, 0.15) is 5.15 Å². The van der Waals surface area contributed by atoms with E-state index < -0.39 is 0 Å². The van der Waals surface area contributed by atoms with Gasteiger partial charge in [-0.1, -0.05) is 45.7 Å². The Labute approximate surface area is 128 Å². The van der Waals surface area contributed by atoms with Crippen LogP contribution in [-0.2, 0) is 0 Å². The van der Waals surface area contributed by atoms with E-state index in [1.807, 2.05) is 24.3 Å². The molecule has 94 valence electrons. The maximum absolute atomic E-state index is 5.87. The lowest BCUT2D eigenvalue weighted by Crippen LogP contribution is -2.07. The van der Waals surface area contributed by atoms with Crippen LogP contribution < -0.4 is 5.32 Å². The number of hydrogen-bond acceptors (Lipinski definition) is 2. The fourth-order valence-corrected chi connectivity index (χ4v) is 2.73. The lowest BCUT2D eigenvalue weighted by atomic mass is 10.1. The third-order valence-corrected chi connectivity index (χ3v) is 4.41. The Kier molecular flexibility index (Phi) is 4.65. The molecule has 0 aliphatic carbocycles. The molecule has 2 nitrogen and oxygen atoms in total. The van der Waals surface area contributed by atoms with Crippen LogP contribution in [-0.4, -0.2) is 4.98 Å². The Bertz CT molecular complexity index is 560. The van der Waals surface area contributed by atoms with Gasteiger partial charge >= 0.3 is 0 Å². The number of aromatic nitrogens is 1. The Morgan fingerprint density at radius 3 is 2.61 bits per heavy atom. The van der Waals surface area contributed by atoms with Crippen molar-refractivity contribution in [3.05, 3.63) is 56.2 Å². The van der Waals surface area contributed by atoms with Gasteiger partial charge in [0.2, 0.25) is 0 Å². The Morgan fingerprint density at radius 2 is 1.94 bits per heavy atom. The molecule has 5 heteroatoms. The van der Waals surface area contributed by atoms with Crippen LogP contribution in [0, 0.1) is 0 Å². The van der Waals surface area contributed by atoms with Crippen molar-refractivity contribution in [2.75, 3.05) is 5.32 Å². The third-order valence-electron chi connectivity index (χ3n) is 2.55. The standard InChI is InChI=1S/C13H11Br2ClN2/c1-8(10-4-2-3-5-11(10)14)18-9-6-12(15)13(16)17-7-9/h2-8,18H,1H3. The highest BCUT2D eigenvalue weighted by Gasteiger charge is 2.09. The zero-order valence-electron chi connectivity index (χ0n) is 9.62. The molecular weight excluding hydrogens is 379 g/mol. The third kappa shape index (κ3) is 3.25. The summed E-state index contributed by atoms with van der Waals surface area (Å²) >= 11 is 12.8. The van der Waals surface area contributed by atoms with E-state index in [0.717, 1.165) is 14.6 Å². The number of nitrogens with one attached hydrogen (secondary N) is 1. The molecule has 1 aromatic carbocycles. The van der Waals surface area contributed by atoms with Crippen molar-refractivity contribution < 1.29 is 0 Å². The van der Waals surface area contributed by atoms with Gasteiger partial charge in [0.05, 0.1) is 16.4 Å². The summed E-state index contributed by atoms with van der Waals surface area (Å²) in [4.78, 5) is 4.09. The van der Waals surface area contributed by atoms with E-state index in [-0.39, 0.29) is 6.04 Å². The molecule has 0 saturated carbocycles. The van der Waals surface area contributed by atoms with Gasteiger partial charge in [0.25, 0.3) is 0 Å². The van der Waals surface area contributed by atoms with Crippen LogP contribution in [0.2, 0.25) is 5.15 Å². The molecule has 2 aromatic rings. The SMILES string of the molecule is CC(Nc1cnc(Cl)c(Br)c1)c1ccccc1Br. The van der Waals surface area contributed by atoms with Gasteiger partial charge in [0.15, 0.2) is 0 Å². The summed E-state index contributed by atoms with van der Waals surface area (Å²) in [6.45, 7) is 2.10. The average Bonchev–Trinajstić information content (AvgIpc) is 2.34. The lowest BCUT2D eigenvalue weighted by Gasteiger charge is -2.17. The van der Waals surface area contributed by atoms with Gasteiger partial charge < -0.3 is 5.32 Å². The van der Waals surface area contributed by atoms with E-state index in [1.165, 1.54) is 5.56 Å². The number of rotatable bonds is 3. The number of pyridine rings is 1. The predicted molar refractivity (Wildman–Crippen MR) is 83.1 cm³/mol. The van der Waals surface area contributed by atoms with Crippen molar-refractivity contribution in [2.45, 2.75) is 13.0 Å². The summed E-state index contributed by atoms with van der Waals surface area (Å²) < 4.78 is 1.87. The highest BCUT2D eigenvalue weighted by molar-refractivity contribution is 9.10. The predicted octanol–water partition coefficient (Wildman–Crippen LogP) is 5.43. The van der Waals surface area contributed by atoms with Gasteiger partial charge in [-0.25, -0.2) is 4.98 Å². The van der Waals surface area contributed by atoms with Gasteiger partial charge in [-0.3, -0.25) is 0 Å². The average molecular weight is 391 g/mol. The van der Waals surface area contributed by atoms with Crippen molar-refractivity contribution in [1.29, 1.82) is 0 Å². The van der Waals surface area contributed by atoms with Crippen molar-refractivity contribution in [3.63, 3.8) is 0 Å². The van der Waals surface area contributed by atoms with E-state index >= 15 is 0 Å². The zero-order chi connectivity index (χ0) is 13.1. The second kappa shape index (κ2) is 6.04. The number of halogens is 3. The second-order valence-electron chi connectivity index (χ2n) is 3.88. The first-order chi connectivity index (χ1) is 8.58. The molecule has 18 heavy (non-hydrogen) atoms. The molecule has 0 saturated heterocycles. The largest absolute Gasteiger partial charge is 0.377 e. The van der Waals surface area contributed by atoms with Crippen molar-refractivity contribution in [1.82, 2.24) is 4.98 Å². The quantitative estimate of drug-likeness (QED) is 0.707. The van der Waals surface area contributed by atoms with Crippen LogP contribution in [0.3, 0.4) is 0 Å². The zero-order valence-corrected chi connectivity index (χ0v) is 13.6. The molecule has 1 atom stereocenters. The van der Waals surface area contributed by atoms with Gasteiger partial charge in [-0.05, 0) is 40.5 Å². The fraction of sp³-hybridized carbons (Fsp3) is 0.154. The molecular formula is C13H11Br2ClN2. The number of anilines is 1. The topological polar surface area (TPSA) is 24.9 Å². The molecule has 0 radical (unpaired) electrons. The molecule has 1 heterocycles. The number of benzene rings is 1. The van der Waals surface area contributed by atoms with E-state index in [9.17, 15) is 0 Å². The Hall–Kier alpha value is -0.580. The first-order valence-electron chi connectivity index (χ1n) is 5.40. The summed E-state index contributed by atoms with van der Waals surface area (Å²) in [5, 5.41) is 3.85. The minimum Gasteiger partial charge on any atom is -0.377 e. The number of hydrogen-bond donors (Lipinski definition) is 1. The molecule has 1 N–H and O–H groups in total. The normalized spacial score (nSPS) is 12.2. The molecule has 0 bridgehead atoms. The molecule has 0 aliphatic heterocycles. The molecule has 0 spiro atoms. The first kappa shape index (κ1) is 13.8. The minimum absolute atomic E-state index is 0.176. The van der Waals surface area contributed by atoms with Gasteiger partial charge in [0, 0.05) is 10.5 Å². The molecule has 1 unspecified atom stereocenters. The summed E-state index contributed by atoms with van der Waals surface area (Å²) in [5.74, 6) is 0. The van der Waals surface area contributed by atoms with Crippen LogP contribution in [0.1, 0.15) is 18.5 Å².